The van der Waals surface area contributed by atoms with Gasteiger partial charge in [0.25, 0.3) is 0 Å². The maximum absolute atomic E-state index is 8.03. The number of hydrogen-bond donors (Lipinski definition) is 4. The Hall–Kier alpha value is -2.97. The standard InChI is InChI=1S/C5H6N.2C4H8N2O2.C3H4N.Co/c1-2-4-6-5-3-1;2*1-3(5-7)4(2)6-8;1-2-3-4;/h1-4H,5H2;2*7-8H,1-2H3;2H,1H3;/q-1;;;-1;+2. The molecular formula is C16H26CoN6O4. The minimum absolute atomic E-state index is 0. The molecule has 0 amide bonds. The van der Waals surface area contributed by atoms with E-state index in [0.717, 1.165) is 6.54 Å². The molecule has 0 saturated heterocycles. The van der Waals surface area contributed by atoms with Gasteiger partial charge in [0.15, 0.2) is 0 Å². The SMILES string of the molecule is C1=CC[N-]C=C1.CC(=NO)C(C)=NO.CC(=NO)C(C)=NO.C[CH-]C#N.[Co+2]. The molecule has 0 atom stereocenters. The molecule has 0 fully saturated rings. The van der Waals surface area contributed by atoms with Crippen LogP contribution in [0.1, 0.15) is 34.6 Å². The first-order valence-electron chi connectivity index (χ1n) is 7.27. The molecule has 10 nitrogen and oxygen atoms in total. The van der Waals surface area contributed by atoms with Crippen LogP contribution in [0, 0.1) is 17.8 Å². The van der Waals surface area contributed by atoms with E-state index in [9.17, 15) is 0 Å². The average Bonchev–Trinajstić information content (AvgIpc) is 2.73. The van der Waals surface area contributed by atoms with Crippen LogP contribution in [0.5, 0.6) is 0 Å². The first-order valence-corrected chi connectivity index (χ1v) is 7.27. The maximum atomic E-state index is 8.03. The van der Waals surface area contributed by atoms with Crippen molar-refractivity contribution in [2.75, 3.05) is 6.54 Å². The van der Waals surface area contributed by atoms with Gasteiger partial charge in [0.1, 0.15) is 22.8 Å². The molecule has 153 valence electrons. The molecular weight excluding hydrogens is 399 g/mol. The molecule has 0 saturated carbocycles. The van der Waals surface area contributed by atoms with Crippen molar-refractivity contribution in [1.82, 2.24) is 0 Å². The van der Waals surface area contributed by atoms with E-state index in [0.29, 0.717) is 22.8 Å². The van der Waals surface area contributed by atoms with Gasteiger partial charge in [-0.25, -0.2) is 5.26 Å². The number of allylic oxidation sites excluding steroid dienone is 2. The van der Waals surface area contributed by atoms with Crippen LogP contribution in [-0.2, 0) is 16.8 Å². The fourth-order valence-electron chi connectivity index (χ4n) is 0.661. The van der Waals surface area contributed by atoms with Gasteiger partial charge in [0.2, 0.25) is 0 Å². The Morgan fingerprint density at radius 3 is 1.30 bits per heavy atom. The summed E-state index contributed by atoms with van der Waals surface area (Å²) < 4.78 is 0. The summed E-state index contributed by atoms with van der Waals surface area (Å²) >= 11 is 0. The van der Waals surface area contributed by atoms with Crippen molar-refractivity contribution in [2.24, 2.45) is 20.6 Å². The predicted octanol–water partition coefficient (Wildman–Crippen LogP) is 3.55. The van der Waals surface area contributed by atoms with Gasteiger partial charge >= 0.3 is 16.8 Å². The Kier molecular flexibility index (Phi) is 29.7. The molecule has 1 rings (SSSR count). The van der Waals surface area contributed by atoms with Gasteiger partial charge in [0.05, 0.1) is 0 Å². The Balaban J connectivity index is -0.000000133. The van der Waals surface area contributed by atoms with Crippen LogP contribution in [-0.4, -0.2) is 50.2 Å². The smallest absolute Gasteiger partial charge is 0.687 e. The summed E-state index contributed by atoms with van der Waals surface area (Å²) in [5, 5.41) is 54.7. The van der Waals surface area contributed by atoms with Gasteiger partial charge in [-0.15, -0.1) is 18.7 Å². The molecule has 1 aliphatic heterocycles. The molecule has 0 spiro atoms. The zero-order valence-electron chi connectivity index (χ0n) is 15.9. The predicted molar refractivity (Wildman–Crippen MR) is 102 cm³/mol. The topological polar surface area (TPSA) is 168 Å². The molecule has 0 aliphatic carbocycles. The number of nitriles is 1. The quantitative estimate of drug-likeness (QED) is 0.229. The summed E-state index contributed by atoms with van der Waals surface area (Å²) in [6.45, 7) is 8.70. The second-order valence-corrected chi connectivity index (χ2v) is 4.29. The summed E-state index contributed by atoms with van der Waals surface area (Å²) in [6.07, 6.45) is 9.16. The van der Waals surface area contributed by atoms with E-state index in [-0.39, 0.29) is 16.8 Å². The number of oxime groups is 4. The van der Waals surface area contributed by atoms with Crippen LogP contribution >= 0.6 is 0 Å². The molecule has 0 bridgehead atoms. The van der Waals surface area contributed by atoms with Gasteiger partial charge in [-0.05, 0) is 27.7 Å². The number of nitrogens with zero attached hydrogens (tertiary/aromatic N) is 6. The third-order valence-corrected chi connectivity index (χ3v) is 2.43. The monoisotopic (exact) mass is 425 g/mol. The zero-order valence-corrected chi connectivity index (χ0v) is 16.9. The van der Waals surface area contributed by atoms with E-state index >= 15 is 0 Å². The van der Waals surface area contributed by atoms with Crippen LogP contribution < -0.4 is 0 Å². The fourth-order valence-corrected chi connectivity index (χ4v) is 0.661. The van der Waals surface area contributed by atoms with E-state index in [4.69, 9.17) is 26.1 Å². The Labute approximate surface area is 170 Å². The summed E-state index contributed by atoms with van der Waals surface area (Å²) in [6, 6.07) is 1.81. The second kappa shape index (κ2) is 25.3. The summed E-state index contributed by atoms with van der Waals surface area (Å²) in [5.41, 5.74) is 1.25. The van der Waals surface area contributed by atoms with Crippen LogP contribution in [0.4, 0.5) is 0 Å². The van der Waals surface area contributed by atoms with Crippen molar-refractivity contribution < 1.29 is 37.6 Å². The van der Waals surface area contributed by atoms with Crippen molar-refractivity contribution >= 4 is 22.8 Å². The molecule has 0 aromatic heterocycles. The van der Waals surface area contributed by atoms with Gasteiger partial charge in [0, 0.05) is 0 Å². The van der Waals surface area contributed by atoms with Crippen LogP contribution in [0.25, 0.3) is 5.32 Å². The first kappa shape index (κ1) is 31.8. The Morgan fingerprint density at radius 2 is 1.22 bits per heavy atom. The van der Waals surface area contributed by atoms with E-state index in [2.05, 4.69) is 25.9 Å². The molecule has 0 unspecified atom stereocenters. The van der Waals surface area contributed by atoms with Crippen molar-refractivity contribution in [2.45, 2.75) is 34.6 Å². The Bertz CT molecular complexity index is 502. The van der Waals surface area contributed by atoms with Crippen LogP contribution in [0.15, 0.2) is 45.1 Å². The largest absolute Gasteiger partial charge is 2.00 e. The van der Waals surface area contributed by atoms with Gasteiger partial charge in [-0.2, -0.15) is 13.1 Å². The Morgan fingerprint density at radius 1 is 0.889 bits per heavy atom. The van der Waals surface area contributed by atoms with Gasteiger partial charge < -0.3 is 26.1 Å². The summed E-state index contributed by atoms with van der Waals surface area (Å²) in [4.78, 5) is 0. The molecule has 0 aromatic rings. The summed E-state index contributed by atoms with van der Waals surface area (Å²) in [7, 11) is 0. The van der Waals surface area contributed by atoms with E-state index in [1.165, 1.54) is 34.1 Å². The van der Waals surface area contributed by atoms with E-state index < -0.39 is 0 Å². The van der Waals surface area contributed by atoms with Gasteiger partial charge in [-0.3, -0.25) is 6.42 Å². The van der Waals surface area contributed by atoms with Crippen LogP contribution in [0.2, 0.25) is 0 Å². The molecule has 1 heterocycles. The minimum atomic E-state index is 0. The summed E-state index contributed by atoms with van der Waals surface area (Å²) in [5.74, 6) is 0. The second-order valence-electron chi connectivity index (χ2n) is 4.29. The maximum Gasteiger partial charge on any atom is 2.00 e. The van der Waals surface area contributed by atoms with Crippen molar-refractivity contribution in [3.8, 4) is 6.07 Å². The molecule has 27 heavy (non-hydrogen) atoms. The zero-order chi connectivity index (χ0) is 20.8. The third kappa shape index (κ3) is 25.4. The third-order valence-electron chi connectivity index (χ3n) is 2.43. The average molecular weight is 425 g/mol. The van der Waals surface area contributed by atoms with Crippen molar-refractivity contribution in [3.05, 3.63) is 36.2 Å². The van der Waals surface area contributed by atoms with E-state index in [1.807, 2.05) is 18.2 Å². The molecule has 4 N–H and O–H groups in total. The van der Waals surface area contributed by atoms with Gasteiger partial charge in [-0.1, -0.05) is 32.8 Å². The normalized spacial score (nSPS) is 12.9. The molecule has 1 radical (unpaired) electrons. The van der Waals surface area contributed by atoms with Crippen molar-refractivity contribution in [1.29, 1.82) is 5.26 Å². The van der Waals surface area contributed by atoms with E-state index in [1.54, 1.807) is 19.2 Å². The van der Waals surface area contributed by atoms with Crippen LogP contribution in [0.3, 0.4) is 0 Å². The molecule has 1 aliphatic rings. The number of rotatable bonds is 2. The first-order chi connectivity index (χ1) is 12.4. The fraction of sp³-hybridized carbons (Fsp3) is 0.375. The number of hydrogen-bond acceptors (Lipinski definition) is 9. The minimum Gasteiger partial charge on any atom is -0.687 e. The van der Waals surface area contributed by atoms with Crippen molar-refractivity contribution in [3.63, 3.8) is 0 Å². The molecule has 11 heteroatoms. The molecule has 0 aromatic carbocycles.